The smallest absolute Gasteiger partial charge is 0.350 e. The summed E-state index contributed by atoms with van der Waals surface area (Å²) >= 11 is -1.01. The minimum absolute atomic E-state index is 0.146. The fourth-order valence-electron chi connectivity index (χ4n) is 2.91. The molecule has 1 aromatic carbocycles. The van der Waals surface area contributed by atoms with Crippen LogP contribution in [-0.4, -0.2) is 32.9 Å². The van der Waals surface area contributed by atoms with Crippen LogP contribution in [0.25, 0.3) is 10.9 Å². The molecule has 13 heteroatoms. The normalized spacial score (nSPS) is 19.6. The van der Waals surface area contributed by atoms with Gasteiger partial charge in [-0.2, -0.15) is 43.9 Å². The first-order valence-corrected chi connectivity index (χ1v) is 8.36. The Morgan fingerprint density at radius 3 is 2.03 bits per heavy atom. The Morgan fingerprint density at radius 2 is 1.52 bits per heavy atom. The van der Waals surface area contributed by atoms with Gasteiger partial charge in [0, 0.05) is 29.7 Å². The highest BCUT2D eigenvalue weighted by atomic mass is 32.2. The summed E-state index contributed by atoms with van der Waals surface area (Å²) in [5.74, 6) is -3.55. The molecule has 0 unspecified atom stereocenters. The van der Waals surface area contributed by atoms with Crippen LogP contribution in [0, 0.1) is 0 Å². The lowest BCUT2D eigenvalue weighted by Crippen LogP contribution is -2.54. The highest BCUT2D eigenvalue weighted by Crippen LogP contribution is 2.62. The van der Waals surface area contributed by atoms with E-state index in [-0.39, 0.29) is 10.9 Å². The zero-order chi connectivity index (χ0) is 22.0. The molecule has 2 heterocycles. The summed E-state index contributed by atoms with van der Waals surface area (Å²) in [6, 6.07) is 5.81. The number of aliphatic imine (C=N–C) groups is 1. The first kappa shape index (κ1) is 21.5. The van der Waals surface area contributed by atoms with Crippen LogP contribution in [-0.2, 0) is 7.05 Å². The van der Waals surface area contributed by atoms with Crippen LogP contribution in [0.1, 0.15) is 5.56 Å². The van der Waals surface area contributed by atoms with E-state index in [1.807, 2.05) is 0 Å². The summed E-state index contributed by atoms with van der Waals surface area (Å²) in [4.78, 5) is 2.89. The molecule has 2 nitrogen and oxygen atoms in total. The molecule has 0 atom stereocenters. The molecule has 3 rings (SSSR count). The summed E-state index contributed by atoms with van der Waals surface area (Å²) in [6.07, 6.45) is -17.6. The largest absolute Gasteiger partial charge is 0.444 e. The molecule has 0 fully saturated rings. The minimum Gasteiger partial charge on any atom is -0.350 e. The van der Waals surface area contributed by atoms with Crippen LogP contribution in [0.5, 0.6) is 0 Å². The quantitative estimate of drug-likeness (QED) is 0.468. The Kier molecular flexibility index (Phi) is 4.76. The van der Waals surface area contributed by atoms with Gasteiger partial charge in [-0.3, -0.25) is 0 Å². The molecule has 0 saturated carbocycles. The summed E-state index contributed by atoms with van der Waals surface area (Å²) < 4.78 is 129. The average Bonchev–Trinajstić information content (AvgIpc) is 3.12. The third-order valence-corrected chi connectivity index (χ3v) is 5.65. The summed E-state index contributed by atoms with van der Waals surface area (Å²) in [5, 5.41) is -0.876. The van der Waals surface area contributed by atoms with Crippen LogP contribution in [0.2, 0.25) is 0 Å². The number of halogens is 10. The molecule has 1 aliphatic rings. The van der Waals surface area contributed by atoms with E-state index in [1.54, 1.807) is 6.07 Å². The molecule has 0 N–H and O–H groups in total. The van der Waals surface area contributed by atoms with Gasteiger partial charge in [0.2, 0.25) is 5.83 Å². The number of fused-ring (bicyclic) bond motifs is 1. The first-order chi connectivity index (χ1) is 13.1. The van der Waals surface area contributed by atoms with Crippen LogP contribution in [0.4, 0.5) is 43.9 Å². The van der Waals surface area contributed by atoms with Crippen LogP contribution >= 0.6 is 11.8 Å². The summed E-state index contributed by atoms with van der Waals surface area (Å²) in [5.41, 5.74) is -2.67. The van der Waals surface area contributed by atoms with E-state index in [4.69, 9.17) is 0 Å². The maximum Gasteiger partial charge on any atom is 0.444 e. The zero-order valence-corrected chi connectivity index (χ0v) is 14.8. The van der Waals surface area contributed by atoms with Gasteiger partial charge in [-0.05, 0) is 6.07 Å². The Labute approximate surface area is 159 Å². The number of hydrogen-bond acceptors (Lipinski definition) is 2. The number of rotatable bonds is 1. The van der Waals surface area contributed by atoms with Gasteiger partial charge in [0.15, 0.2) is 0 Å². The van der Waals surface area contributed by atoms with Crippen molar-refractivity contribution in [3.63, 3.8) is 0 Å². The highest BCUT2D eigenvalue weighted by Gasteiger charge is 2.77. The molecule has 1 aromatic heterocycles. The topological polar surface area (TPSA) is 17.3 Å². The number of nitrogens with zero attached hydrogens (tertiary/aromatic N) is 2. The van der Waals surface area contributed by atoms with Crippen molar-refractivity contribution in [3.8, 4) is 0 Å². The SMILES string of the molecule is Cn1cc(C2=N/C(=C(/F)C(F)(F)F)C(C(F)(F)F)(C(F)(F)F)S2)c2ccccc21. The third kappa shape index (κ3) is 3.19. The monoisotopic (exact) mass is 450 g/mol. The maximum atomic E-state index is 13.8. The average molecular weight is 450 g/mol. The van der Waals surface area contributed by atoms with E-state index in [1.165, 1.54) is 29.8 Å². The van der Waals surface area contributed by atoms with E-state index in [9.17, 15) is 43.9 Å². The summed E-state index contributed by atoms with van der Waals surface area (Å²) in [6.45, 7) is 0. The zero-order valence-electron chi connectivity index (χ0n) is 14.0. The molecule has 0 aliphatic carbocycles. The second kappa shape index (κ2) is 6.41. The van der Waals surface area contributed by atoms with Crippen molar-refractivity contribution in [2.24, 2.45) is 12.0 Å². The molecule has 0 spiro atoms. The van der Waals surface area contributed by atoms with Crippen LogP contribution < -0.4 is 0 Å². The number of thioether (sulfide) groups is 1. The van der Waals surface area contributed by atoms with E-state index in [2.05, 4.69) is 4.99 Å². The van der Waals surface area contributed by atoms with Crippen molar-refractivity contribution in [1.82, 2.24) is 4.57 Å². The second-order valence-corrected chi connectivity index (χ2v) is 7.23. The third-order valence-electron chi connectivity index (χ3n) is 4.18. The van der Waals surface area contributed by atoms with Crippen molar-refractivity contribution in [3.05, 3.63) is 47.5 Å². The number of alkyl halides is 9. The molecular weight excluding hydrogens is 442 g/mol. The standard InChI is InChI=1S/C16H8F10N2S/c1-28-6-8(7-4-2-3-5-9(7)28)12-27-11(10(17)14(18,19)20)13(29-12,15(21,22)23)16(24,25)26/h2-6H,1H3/b11-10+. The molecule has 1 aliphatic heterocycles. The van der Waals surface area contributed by atoms with Gasteiger partial charge >= 0.3 is 18.5 Å². The van der Waals surface area contributed by atoms with Crippen molar-refractivity contribution in [2.75, 3.05) is 0 Å². The number of para-hydroxylation sites is 1. The van der Waals surface area contributed by atoms with Gasteiger partial charge in [-0.25, -0.2) is 4.99 Å². The van der Waals surface area contributed by atoms with Gasteiger partial charge < -0.3 is 4.57 Å². The Balaban J connectivity index is 2.35. The number of allylic oxidation sites excluding steroid dienone is 1. The number of aromatic nitrogens is 1. The predicted molar refractivity (Wildman–Crippen MR) is 86.1 cm³/mol. The van der Waals surface area contributed by atoms with E-state index < -0.39 is 51.6 Å². The molecule has 158 valence electrons. The molecule has 29 heavy (non-hydrogen) atoms. The van der Waals surface area contributed by atoms with Gasteiger partial charge in [0.1, 0.15) is 10.7 Å². The lowest BCUT2D eigenvalue weighted by molar-refractivity contribution is -0.253. The van der Waals surface area contributed by atoms with Crippen molar-refractivity contribution in [1.29, 1.82) is 0 Å². The highest BCUT2D eigenvalue weighted by molar-refractivity contribution is 8.16. The first-order valence-electron chi connectivity index (χ1n) is 7.54. The number of hydrogen-bond donors (Lipinski definition) is 0. The van der Waals surface area contributed by atoms with Gasteiger partial charge in [0.25, 0.3) is 4.75 Å². The van der Waals surface area contributed by atoms with Crippen LogP contribution in [0.15, 0.2) is 47.0 Å². The molecule has 0 bridgehead atoms. The van der Waals surface area contributed by atoms with Crippen LogP contribution in [0.3, 0.4) is 0 Å². The molecule has 0 radical (unpaired) electrons. The molecule has 0 saturated heterocycles. The fraction of sp³-hybridized carbons (Fsp3) is 0.312. The number of aryl methyl sites for hydroxylation is 1. The van der Waals surface area contributed by atoms with Crippen molar-refractivity contribution in [2.45, 2.75) is 23.3 Å². The molecular formula is C16H8F10N2S. The lowest BCUT2D eigenvalue weighted by Gasteiger charge is -2.33. The lowest BCUT2D eigenvalue weighted by atomic mass is 10.0. The van der Waals surface area contributed by atoms with Crippen molar-refractivity contribution < 1.29 is 43.9 Å². The van der Waals surface area contributed by atoms with Crippen molar-refractivity contribution >= 4 is 27.7 Å². The Morgan fingerprint density at radius 1 is 0.966 bits per heavy atom. The minimum atomic E-state index is -6.32. The predicted octanol–water partition coefficient (Wildman–Crippen LogP) is 6.28. The molecule has 0 amide bonds. The van der Waals surface area contributed by atoms with E-state index >= 15 is 0 Å². The molecule has 2 aromatic rings. The fourth-order valence-corrected chi connectivity index (χ4v) is 4.07. The van der Waals surface area contributed by atoms with Gasteiger partial charge in [0.05, 0.1) is 0 Å². The maximum absolute atomic E-state index is 13.8. The van der Waals surface area contributed by atoms with Gasteiger partial charge in [-0.15, -0.1) is 0 Å². The second-order valence-electron chi connectivity index (χ2n) is 6.03. The number of benzene rings is 1. The Hall–Kier alpha value is -2.18. The van der Waals surface area contributed by atoms with E-state index in [0.717, 1.165) is 6.20 Å². The van der Waals surface area contributed by atoms with E-state index in [0.29, 0.717) is 5.52 Å². The Bertz CT molecular complexity index is 1010. The van der Waals surface area contributed by atoms with Gasteiger partial charge in [-0.1, -0.05) is 30.0 Å². The summed E-state index contributed by atoms with van der Waals surface area (Å²) in [7, 11) is 1.43.